The molecule has 0 spiro atoms. The third-order valence-electron chi connectivity index (χ3n) is 3.91. The van der Waals surface area contributed by atoms with E-state index in [1.54, 1.807) is 11.9 Å². The van der Waals surface area contributed by atoms with Crippen LogP contribution in [0.2, 0.25) is 5.02 Å². The maximum atomic E-state index is 12.4. The van der Waals surface area contributed by atoms with E-state index in [1.165, 1.54) is 0 Å². The van der Waals surface area contributed by atoms with Gasteiger partial charge in [-0.15, -0.1) is 0 Å². The Morgan fingerprint density at radius 2 is 2.30 bits per heavy atom. The number of benzene rings is 1. The molecule has 1 unspecified atom stereocenters. The molecule has 3 atom stereocenters. The van der Waals surface area contributed by atoms with Crippen molar-refractivity contribution < 1.29 is 9.53 Å². The number of halogens is 1. The Bertz CT molecular complexity index is 481. The molecule has 2 rings (SSSR count). The molecule has 1 saturated heterocycles. The lowest BCUT2D eigenvalue weighted by molar-refractivity contribution is -0.143. The van der Waals surface area contributed by atoms with E-state index in [0.717, 1.165) is 18.4 Å². The van der Waals surface area contributed by atoms with E-state index in [2.05, 4.69) is 0 Å². The Labute approximate surface area is 124 Å². The van der Waals surface area contributed by atoms with Crippen LogP contribution < -0.4 is 5.73 Å². The highest BCUT2D eigenvalue weighted by Crippen LogP contribution is 2.26. The van der Waals surface area contributed by atoms with Crippen LogP contribution in [0.5, 0.6) is 0 Å². The average molecular weight is 297 g/mol. The lowest BCUT2D eigenvalue weighted by Crippen LogP contribution is -2.38. The molecule has 2 N–H and O–H groups in total. The van der Waals surface area contributed by atoms with Gasteiger partial charge in [0.05, 0.1) is 12.1 Å². The van der Waals surface area contributed by atoms with Crippen molar-refractivity contribution in [1.82, 2.24) is 4.90 Å². The van der Waals surface area contributed by atoms with Crippen LogP contribution in [0.4, 0.5) is 0 Å². The second-order valence-electron chi connectivity index (χ2n) is 5.24. The van der Waals surface area contributed by atoms with E-state index in [1.807, 2.05) is 31.2 Å². The first-order chi connectivity index (χ1) is 9.52. The van der Waals surface area contributed by atoms with Crippen LogP contribution in [0, 0.1) is 0 Å². The summed E-state index contributed by atoms with van der Waals surface area (Å²) in [6.45, 7) is 2.45. The number of nitrogens with two attached hydrogens (primary N) is 1. The molecule has 0 aliphatic carbocycles. The molecule has 5 heteroatoms. The predicted octanol–water partition coefficient (Wildman–Crippen LogP) is 2.37. The van der Waals surface area contributed by atoms with Gasteiger partial charge in [-0.25, -0.2) is 0 Å². The van der Waals surface area contributed by atoms with Gasteiger partial charge in [-0.05, 0) is 37.5 Å². The number of hydrogen-bond acceptors (Lipinski definition) is 3. The van der Waals surface area contributed by atoms with Crippen LogP contribution >= 0.6 is 11.6 Å². The van der Waals surface area contributed by atoms with E-state index < -0.39 is 0 Å². The van der Waals surface area contributed by atoms with Crippen molar-refractivity contribution in [3.63, 3.8) is 0 Å². The van der Waals surface area contributed by atoms with E-state index in [9.17, 15) is 4.79 Å². The molecule has 110 valence electrons. The van der Waals surface area contributed by atoms with Gasteiger partial charge in [-0.2, -0.15) is 0 Å². The quantitative estimate of drug-likeness (QED) is 0.928. The van der Waals surface area contributed by atoms with E-state index in [4.69, 9.17) is 22.1 Å². The summed E-state index contributed by atoms with van der Waals surface area (Å²) in [4.78, 5) is 14.2. The molecule has 0 bridgehead atoms. The first kappa shape index (κ1) is 15.3. The molecular formula is C15H21ClN2O2. The highest BCUT2D eigenvalue weighted by Gasteiger charge is 2.33. The number of carbonyl (C=O) groups excluding carboxylic acids is 1. The molecule has 0 radical (unpaired) electrons. The zero-order chi connectivity index (χ0) is 14.7. The van der Waals surface area contributed by atoms with Crippen molar-refractivity contribution in [3.8, 4) is 0 Å². The zero-order valence-corrected chi connectivity index (χ0v) is 12.6. The molecule has 0 aromatic heterocycles. The summed E-state index contributed by atoms with van der Waals surface area (Å²) >= 11 is 6.00. The summed E-state index contributed by atoms with van der Waals surface area (Å²) in [6.07, 6.45) is 1.24. The minimum absolute atomic E-state index is 0.00780. The summed E-state index contributed by atoms with van der Waals surface area (Å²) in [7, 11) is 1.80. The molecule has 1 amide bonds. The molecule has 1 aromatic carbocycles. The van der Waals surface area contributed by atoms with Crippen molar-refractivity contribution in [1.29, 1.82) is 0 Å². The lowest BCUT2D eigenvalue weighted by Gasteiger charge is -2.28. The lowest BCUT2D eigenvalue weighted by atomic mass is 10.1. The van der Waals surface area contributed by atoms with Crippen LogP contribution in [0.15, 0.2) is 24.3 Å². The van der Waals surface area contributed by atoms with Gasteiger partial charge in [0.15, 0.2) is 0 Å². The largest absolute Gasteiger partial charge is 0.364 e. The van der Waals surface area contributed by atoms with Gasteiger partial charge >= 0.3 is 0 Å². The Kier molecular flexibility index (Phi) is 5.02. The standard InChI is InChI=1S/C15H21ClN2O2/c1-10(11-4-3-5-12(16)8-11)18(2)15(19)14-7-6-13(9-17)20-14/h3-5,8,10,13-14H,6-7,9,17H2,1-2H3/t10?,13-,14+/m1/s1. The second-order valence-corrected chi connectivity index (χ2v) is 5.68. The highest BCUT2D eigenvalue weighted by atomic mass is 35.5. The SMILES string of the molecule is CC(c1cccc(Cl)c1)N(C)C(=O)[C@@H]1CC[C@H](CN)O1. The van der Waals surface area contributed by atoms with Gasteiger partial charge in [0, 0.05) is 18.6 Å². The third kappa shape index (κ3) is 3.32. The van der Waals surface area contributed by atoms with Crippen molar-refractivity contribution in [2.75, 3.05) is 13.6 Å². The predicted molar refractivity (Wildman–Crippen MR) is 79.6 cm³/mol. The van der Waals surface area contributed by atoms with Gasteiger partial charge < -0.3 is 15.4 Å². The van der Waals surface area contributed by atoms with Gasteiger partial charge in [-0.3, -0.25) is 4.79 Å². The van der Waals surface area contributed by atoms with E-state index in [-0.39, 0.29) is 24.2 Å². The topological polar surface area (TPSA) is 55.6 Å². The van der Waals surface area contributed by atoms with Gasteiger partial charge in [-0.1, -0.05) is 23.7 Å². The smallest absolute Gasteiger partial charge is 0.251 e. The minimum Gasteiger partial charge on any atom is -0.364 e. The molecule has 1 heterocycles. The maximum Gasteiger partial charge on any atom is 0.251 e. The van der Waals surface area contributed by atoms with Crippen LogP contribution in [0.25, 0.3) is 0 Å². The molecular weight excluding hydrogens is 276 g/mol. The van der Waals surface area contributed by atoms with E-state index in [0.29, 0.717) is 11.6 Å². The van der Waals surface area contributed by atoms with Gasteiger partial charge in [0.2, 0.25) is 0 Å². The van der Waals surface area contributed by atoms with Crippen LogP contribution in [0.3, 0.4) is 0 Å². The molecule has 1 aliphatic heterocycles. The Hall–Kier alpha value is -1.10. The highest BCUT2D eigenvalue weighted by molar-refractivity contribution is 6.30. The summed E-state index contributed by atoms with van der Waals surface area (Å²) in [5, 5.41) is 0.676. The number of carbonyl (C=O) groups is 1. The Morgan fingerprint density at radius 3 is 2.90 bits per heavy atom. The molecule has 1 aromatic rings. The van der Waals surface area contributed by atoms with Crippen molar-refractivity contribution in [3.05, 3.63) is 34.9 Å². The number of rotatable bonds is 4. The van der Waals surface area contributed by atoms with Crippen molar-refractivity contribution in [2.24, 2.45) is 5.73 Å². The summed E-state index contributed by atoms with van der Waals surface area (Å²) in [5.74, 6) is 0.00780. The van der Waals surface area contributed by atoms with Crippen molar-refractivity contribution >= 4 is 17.5 Å². The molecule has 20 heavy (non-hydrogen) atoms. The minimum atomic E-state index is -0.366. The third-order valence-corrected chi connectivity index (χ3v) is 4.14. The fourth-order valence-electron chi connectivity index (χ4n) is 2.47. The first-order valence-electron chi connectivity index (χ1n) is 6.90. The van der Waals surface area contributed by atoms with Gasteiger partial charge in [0.1, 0.15) is 6.10 Å². The number of likely N-dealkylation sites (N-methyl/N-ethyl adjacent to an activating group) is 1. The van der Waals surface area contributed by atoms with Crippen LogP contribution in [0.1, 0.15) is 31.4 Å². The maximum absolute atomic E-state index is 12.4. The van der Waals surface area contributed by atoms with Gasteiger partial charge in [0.25, 0.3) is 5.91 Å². The van der Waals surface area contributed by atoms with E-state index >= 15 is 0 Å². The molecule has 4 nitrogen and oxygen atoms in total. The Morgan fingerprint density at radius 1 is 1.55 bits per heavy atom. The zero-order valence-electron chi connectivity index (χ0n) is 11.9. The molecule has 1 fully saturated rings. The monoisotopic (exact) mass is 296 g/mol. The number of nitrogens with zero attached hydrogens (tertiary/aromatic N) is 1. The fraction of sp³-hybridized carbons (Fsp3) is 0.533. The van der Waals surface area contributed by atoms with Crippen molar-refractivity contribution in [2.45, 2.75) is 38.0 Å². The second kappa shape index (κ2) is 6.57. The Balaban J connectivity index is 2.03. The normalized spacial score (nSPS) is 23.6. The fourth-order valence-corrected chi connectivity index (χ4v) is 2.67. The number of ether oxygens (including phenoxy) is 1. The average Bonchev–Trinajstić information content (AvgIpc) is 2.93. The molecule has 1 aliphatic rings. The van der Waals surface area contributed by atoms with Crippen LogP contribution in [-0.4, -0.2) is 36.6 Å². The number of amides is 1. The summed E-state index contributed by atoms with van der Waals surface area (Å²) in [6, 6.07) is 7.53. The van der Waals surface area contributed by atoms with Crippen LogP contribution in [-0.2, 0) is 9.53 Å². The first-order valence-corrected chi connectivity index (χ1v) is 7.28. The summed E-state index contributed by atoms with van der Waals surface area (Å²) < 4.78 is 5.66. The summed E-state index contributed by atoms with van der Waals surface area (Å²) in [5.41, 5.74) is 6.59. The molecule has 0 saturated carbocycles. The number of hydrogen-bond donors (Lipinski definition) is 1.